The van der Waals surface area contributed by atoms with Crippen molar-refractivity contribution in [1.29, 1.82) is 0 Å². The maximum Gasteiger partial charge on any atom is 0.262 e. The van der Waals surface area contributed by atoms with Crippen molar-refractivity contribution < 1.29 is 9.59 Å². The van der Waals surface area contributed by atoms with Crippen molar-refractivity contribution in [3.8, 4) is 0 Å². The van der Waals surface area contributed by atoms with Crippen molar-refractivity contribution in [1.82, 2.24) is 10.7 Å². The molecule has 2 aromatic carbocycles. The summed E-state index contributed by atoms with van der Waals surface area (Å²) in [7, 11) is 0. The molecule has 24 heavy (non-hydrogen) atoms. The predicted octanol–water partition coefficient (Wildman–Crippen LogP) is 2.54. The van der Waals surface area contributed by atoms with E-state index in [9.17, 15) is 9.59 Å². The maximum atomic E-state index is 12.4. The van der Waals surface area contributed by atoms with Crippen LogP contribution in [-0.2, 0) is 11.2 Å². The van der Waals surface area contributed by atoms with Gasteiger partial charge in [0.1, 0.15) is 6.04 Å². The van der Waals surface area contributed by atoms with Crippen LogP contribution in [0.25, 0.3) is 0 Å². The van der Waals surface area contributed by atoms with Gasteiger partial charge >= 0.3 is 0 Å². The van der Waals surface area contributed by atoms with Gasteiger partial charge in [-0.2, -0.15) is 5.10 Å². The molecule has 5 nitrogen and oxygen atoms in total. The van der Waals surface area contributed by atoms with Gasteiger partial charge in [0.25, 0.3) is 11.8 Å². The summed E-state index contributed by atoms with van der Waals surface area (Å²) in [5.41, 5.74) is 4.70. The van der Waals surface area contributed by atoms with Crippen molar-refractivity contribution in [2.24, 2.45) is 5.10 Å². The second kappa shape index (κ2) is 8.62. The summed E-state index contributed by atoms with van der Waals surface area (Å²) < 4.78 is 0. The van der Waals surface area contributed by atoms with Crippen molar-refractivity contribution in [3.63, 3.8) is 0 Å². The summed E-state index contributed by atoms with van der Waals surface area (Å²) >= 11 is 0. The van der Waals surface area contributed by atoms with E-state index in [0.29, 0.717) is 12.0 Å². The Morgan fingerprint density at radius 3 is 2.12 bits per heavy atom. The van der Waals surface area contributed by atoms with Crippen molar-refractivity contribution in [2.75, 3.05) is 0 Å². The van der Waals surface area contributed by atoms with Gasteiger partial charge in [-0.1, -0.05) is 48.5 Å². The lowest BCUT2D eigenvalue weighted by Gasteiger charge is -2.17. The van der Waals surface area contributed by atoms with E-state index in [-0.39, 0.29) is 11.8 Å². The van der Waals surface area contributed by atoms with Crippen molar-refractivity contribution >= 4 is 17.5 Å². The highest BCUT2D eigenvalue weighted by atomic mass is 16.2. The molecule has 0 aliphatic heterocycles. The Morgan fingerprint density at radius 1 is 0.958 bits per heavy atom. The average molecular weight is 323 g/mol. The van der Waals surface area contributed by atoms with Gasteiger partial charge < -0.3 is 5.32 Å². The van der Waals surface area contributed by atoms with E-state index >= 15 is 0 Å². The zero-order chi connectivity index (χ0) is 17.4. The molecule has 1 atom stereocenters. The standard InChI is InChI=1S/C19H21N3O2/c1-14(2)21-22-19(24)17(13-15-9-5-3-6-10-15)20-18(23)16-11-7-4-8-12-16/h3-12,17H,13H2,1-2H3,(H,20,23)(H,22,24)/t17-/m1/s1. The van der Waals surface area contributed by atoms with E-state index in [1.807, 2.05) is 36.4 Å². The molecule has 0 heterocycles. The molecule has 2 amide bonds. The Morgan fingerprint density at radius 2 is 1.54 bits per heavy atom. The fraction of sp³-hybridized carbons (Fsp3) is 0.211. The first-order valence-electron chi connectivity index (χ1n) is 7.77. The zero-order valence-corrected chi connectivity index (χ0v) is 13.8. The van der Waals surface area contributed by atoms with E-state index < -0.39 is 6.04 Å². The first-order valence-corrected chi connectivity index (χ1v) is 7.77. The Balaban J connectivity index is 2.14. The van der Waals surface area contributed by atoms with E-state index in [0.717, 1.165) is 11.3 Å². The lowest BCUT2D eigenvalue weighted by atomic mass is 10.0. The molecule has 0 bridgehead atoms. The molecule has 0 radical (unpaired) electrons. The Bertz CT molecular complexity index is 708. The third-order valence-electron chi connectivity index (χ3n) is 3.33. The molecule has 0 aromatic heterocycles. The molecule has 0 spiro atoms. The summed E-state index contributed by atoms with van der Waals surface area (Å²) in [5.74, 6) is -0.631. The van der Waals surface area contributed by atoms with Crippen LogP contribution in [0.3, 0.4) is 0 Å². The fourth-order valence-electron chi connectivity index (χ4n) is 2.13. The van der Waals surface area contributed by atoms with Gasteiger partial charge in [-0.3, -0.25) is 9.59 Å². The molecular weight excluding hydrogens is 302 g/mol. The van der Waals surface area contributed by atoms with Gasteiger partial charge in [0, 0.05) is 17.7 Å². The van der Waals surface area contributed by atoms with Crippen LogP contribution in [-0.4, -0.2) is 23.6 Å². The van der Waals surface area contributed by atoms with Crippen LogP contribution in [0.4, 0.5) is 0 Å². The number of amides is 2. The summed E-state index contributed by atoms with van der Waals surface area (Å²) in [5, 5.41) is 6.72. The van der Waals surface area contributed by atoms with Gasteiger partial charge in [-0.05, 0) is 31.5 Å². The Labute approximate surface area is 141 Å². The van der Waals surface area contributed by atoms with E-state index in [2.05, 4.69) is 15.8 Å². The van der Waals surface area contributed by atoms with Gasteiger partial charge in [0.2, 0.25) is 0 Å². The number of nitrogens with one attached hydrogen (secondary N) is 2. The molecule has 2 N–H and O–H groups in total. The normalized spacial score (nSPS) is 11.2. The maximum absolute atomic E-state index is 12.4. The quantitative estimate of drug-likeness (QED) is 0.633. The molecule has 0 saturated heterocycles. The summed E-state index contributed by atoms with van der Waals surface area (Å²) in [6.45, 7) is 3.57. The number of rotatable bonds is 6. The van der Waals surface area contributed by atoms with E-state index in [1.165, 1.54) is 0 Å². The van der Waals surface area contributed by atoms with Crippen LogP contribution in [0, 0.1) is 0 Å². The lowest BCUT2D eigenvalue weighted by Crippen LogP contribution is -2.46. The van der Waals surface area contributed by atoms with E-state index in [4.69, 9.17) is 0 Å². The largest absolute Gasteiger partial charge is 0.340 e. The van der Waals surface area contributed by atoms with Crippen LogP contribution in [0.15, 0.2) is 65.8 Å². The smallest absolute Gasteiger partial charge is 0.262 e. The summed E-state index contributed by atoms with van der Waals surface area (Å²) in [4.78, 5) is 24.7. The lowest BCUT2D eigenvalue weighted by molar-refractivity contribution is -0.122. The van der Waals surface area contributed by atoms with Gasteiger partial charge in [-0.25, -0.2) is 5.43 Å². The molecule has 2 rings (SSSR count). The van der Waals surface area contributed by atoms with Crippen LogP contribution in [0.2, 0.25) is 0 Å². The number of hydrogen-bond acceptors (Lipinski definition) is 3. The first kappa shape index (κ1) is 17.4. The molecule has 0 fully saturated rings. The highest BCUT2D eigenvalue weighted by Gasteiger charge is 2.21. The molecular formula is C19H21N3O2. The number of hydrogen-bond donors (Lipinski definition) is 2. The minimum Gasteiger partial charge on any atom is -0.340 e. The van der Waals surface area contributed by atoms with Crippen LogP contribution < -0.4 is 10.7 Å². The molecule has 2 aromatic rings. The minimum absolute atomic E-state index is 0.288. The number of benzene rings is 2. The molecule has 0 unspecified atom stereocenters. The molecule has 0 aliphatic rings. The summed E-state index contributed by atoms with van der Waals surface area (Å²) in [6, 6.07) is 17.7. The summed E-state index contributed by atoms with van der Waals surface area (Å²) in [6.07, 6.45) is 0.392. The van der Waals surface area contributed by atoms with Gasteiger partial charge in [0.05, 0.1) is 0 Å². The highest BCUT2D eigenvalue weighted by Crippen LogP contribution is 2.06. The number of hydrazone groups is 1. The van der Waals surface area contributed by atoms with Crippen molar-refractivity contribution in [3.05, 3.63) is 71.8 Å². The van der Waals surface area contributed by atoms with Crippen LogP contribution in [0.1, 0.15) is 29.8 Å². The van der Waals surface area contributed by atoms with Gasteiger partial charge in [-0.15, -0.1) is 0 Å². The zero-order valence-electron chi connectivity index (χ0n) is 13.8. The third-order valence-corrected chi connectivity index (χ3v) is 3.33. The van der Waals surface area contributed by atoms with E-state index in [1.54, 1.807) is 38.1 Å². The predicted molar refractivity (Wildman–Crippen MR) is 94.8 cm³/mol. The number of carbonyl (C=O) groups excluding carboxylic acids is 2. The number of nitrogens with zero attached hydrogens (tertiary/aromatic N) is 1. The molecule has 0 aliphatic carbocycles. The van der Waals surface area contributed by atoms with Crippen LogP contribution >= 0.6 is 0 Å². The monoisotopic (exact) mass is 323 g/mol. The fourth-order valence-corrected chi connectivity index (χ4v) is 2.13. The highest BCUT2D eigenvalue weighted by molar-refractivity contribution is 5.97. The number of carbonyl (C=O) groups is 2. The van der Waals surface area contributed by atoms with Crippen LogP contribution in [0.5, 0.6) is 0 Å². The molecule has 0 saturated carbocycles. The second-order valence-electron chi connectivity index (χ2n) is 5.62. The topological polar surface area (TPSA) is 70.6 Å². The van der Waals surface area contributed by atoms with Crippen molar-refractivity contribution in [2.45, 2.75) is 26.3 Å². The second-order valence-corrected chi connectivity index (χ2v) is 5.62. The molecule has 5 heteroatoms. The Hall–Kier alpha value is -2.95. The average Bonchev–Trinajstić information content (AvgIpc) is 2.60. The van der Waals surface area contributed by atoms with Gasteiger partial charge in [0.15, 0.2) is 0 Å². The minimum atomic E-state index is -0.705. The Kier molecular flexibility index (Phi) is 6.25. The SMILES string of the molecule is CC(C)=NNC(=O)[C@@H](Cc1ccccc1)NC(=O)c1ccccc1. The third kappa shape index (κ3) is 5.35. The molecule has 124 valence electrons. The first-order chi connectivity index (χ1) is 11.6.